The van der Waals surface area contributed by atoms with E-state index in [-0.39, 0.29) is 11.9 Å². The van der Waals surface area contributed by atoms with Crippen LogP contribution in [-0.2, 0) is 13.7 Å². The summed E-state index contributed by atoms with van der Waals surface area (Å²) in [5, 5.41) is 3.09. The fourth-order valence-electron chi connectivity index (χ4n) is 1.48. The molecular weight excluding hydrogens is 292 g/mol. The molecule has 0 aliphatic rings. The number of rotatable bonds is 6. The SMILES string of the molecule is CCOP(=O)(c1ccccc1)C(N=[N+]=[N-])P(=O)(O)O. The molecule has 2 atom stereocenters. The van der Waals surface area contributed by atoms with Gasteiger partial charge in [0.05, 0.1) is 6.61 Å². The van der Waals surface area contributed by atoms with Gasteiger partial charge in [0.1, 0.15) is 0 Å². The van der Waals surface area contributed by atoms with Gasteiger partial charge in [0, 0.05) is 10.2 Å². The van der Waals surface area contributed by atoms with Crippen LogP contribution in [0.5, 0.6) is 0 Å². The van der Waals surface area contributed by atoms with Crippen LogP contribution in [0.25, 0.3) is 10.4 Å². The van der Waals surface area contributed by atoms with Crippen LogP contribution in [0.4, 0.5) is 0 Å². The van der Waals surface area contributed by atoms with Crippen molar-refractivity contribution in [3.05, 3.63) is 40.8 Å². The number of azide groups is 1. The summed E-state index contributed by atoms with van der Waals surface area (Å²) in [6.07, 6.45) is 0. The van der Waals surface area contributed by atoms with Gasteiger partial charge in [-0.3, -0.25) is 9.13 Å². The van der Waals surface area contributed by atoms with E-state index in [4.69, 9.17) is 10.1 Å². The lowest BCUT2D eigenvalue weighted by Gasteiger charge is -2.24. The normalized spacial score (nSPS) is 16.2. The van der Waals surface area contributed by atoms with Crippen molar-refractivity contribution in [1.29, 1.82) is 0 Å². The van der Waals surface area contributed by atoms with Gasteiger partial charge in [-0.25, -0.2) is 0 Å². The molecule has 0 aliphatic carbocycles. The number of hydrogen-bond donors (Lipinski definition) is 2. The molecule has 19 heavy (non-hydrogen) atoms. The van der Waals surface area contributed by atoms with Crippen LogP contribution < -0.4 is 5.30 Å². The zero-order valence-electron chi connectivity index (χ0n) is 10.0. The Labute approximate surface area is 109 Å². The van der Waals surface area contributed by atoms with E-state index in [0.717, 1.165) is 0 Å². The minimum atomic E-state index is -4.92. The van der Waals surface area contributed by atoms with Crippen molar-refractivity contribution in [1.82, 2.24) is 0 Å². The first kappa shape index (κ1) is 15.9. The van der Waals surface area contributed by atoms with Crippen LogP contribution in [0, 0.1) is 0 Å². The van der Waals surface area contributed by atoms with Gasteiger partial charge in [-0.1, -0.05) is 23.3 Å². The molecule has 0 bridgehead atoms. The Hall–Kier alpha value is -1.13. The molecule has 1 aromatic carbocycles. The van der Waals surface area contributed by atoms with Gasteiger partial charge in [-0.15, -0.1) is 0 Å². The first-order chi connectivity index (χ1) is 8.86. The van der Waals surface area contributed by atoms with Crippen molar-refractivity contribution in [2.24, 2.45) is 5.11 Å². The molecule has 0 saturated carbocycles. The Kier molecular flexibility index (Phi) is 5.32. The van der Waals surface area contributed by atoms with E-state index < -0.39 is 20.5 Å². The summed E-state index contributed by atoms with van der Waals surface area (Å²) >= 11 is 0. The van der Waals surface area contributed by atoms with Crippen molar-refractivity contribution in [3.8, 4) is 0 Å². The molecule has 0 aliphatic heterocycles. The second kappa shape index (κ2) is 6.35. The van der Waals surface area contributed by atoms with Gasteiger partial charge in [-0.2, -0.15) is 0 Å². The quantitative estimate of drug-likeness (QED) is 0.360. The zero-order valence-corrected chi connectivity index (χ0v) is 11.8. The van der Waals surface area contributed by atoms with Gasteiger partial charge < -0.3 is 14.3 Å². The molecule has 0 fully saturated rings. The van der Waals surface area contributed by atoms with Crippen LogP contribution in [-0.4, -0.2) is 21.9 Å². The van der Waals surface area contributed by atoms with E-state index in [1.54, 1.807) is 18.2 Å². The maximum atomic E-state index is 12.8. The smallest absolute Gasteiger partial charge is 0.325 e. The summed E-state index contributed by atoms with van der Waals surface area (Å²) in [6, 6.07) is 7.57. The van der Waals surface area contributed by atoms with Crippen molar-refractivity contribution >= 4 is 20.3 Å². The third kappa shape index (κ3) is 3.67. The number of nitrogens with zero attached hydrogens (tertiary/aromatic N) is 3. The average Bonchev–Trinajstić information content (AvgIpc) is 2.36. The lowest BCUT2D eigenvalue weighted by Crippen LogP contribution is -2.18. The van der Waals surface area contributed by atoms with E-state index in [9.17, 15) is 18.9 Å². The van der Waals surface area contributed by atoms with Gasteiger partial charge in [0.2, 0.25) is 5.52 Å². The Morgan fingerprint density at radius 2 is 1.95 bits per heavy atom. The van der Waals surface area contributed by atoms with Gasteiger partial charge >= 0.3 is 7.60 Å². The molecule has 0 amide bonds. The first-order valence-electron chi connectivity index (χ1n) is 5.25. The highest BCUT2D eigenvalue weighted by Gasteiger charge is 2.46. The molecule has 0 spiro atoms. The van der Waals surface area contributed by atoms with E-state index >= 15 is 0 Å². The maximum Gasteiger partial charge on any atom is 0.344 e. The molecular formula is C9H13N3O5P2. The monoisotopic (exact) mass is 305 g/mol. The standard InChI is InChI=1S/C9H13N3O5P2/c1-2-17-18(13,8-6-4-3-5-7-8)9(11-12-10)19(14,15)16/h3-7,9H,2H2,1H3,(H2,14,15,16). The highest BCUT2D eigenvalue weighted by molar-refractivity contribution is 7.79. The maximum absolute atomic E-state index is 12.8. The Morgan fingerprint density at radius 3 is 2.37 bits per heavy atom. The van der Waals surface area contributed by atoms with Crippen LogP contribution in [0.3, 0.4) is 0 Å². The molecule has 0 heterocycles. The van der Waals surface area contributed by atoms with Crippen LogP contribution in [0.15, 0.2) is 35.4 Å². The van der Waals surface area contributed by atoms with Crippen molar-refractivity contribution < 1.29 is 23.4 Å². The molecule has 0 saturated heterocycles. The van der Waals surface area contributed by atoms with Crippen LogP contribution in [0.1, 0.15) is 6.92 Å². The highest BCUT2D eigenvalue weighted by Crippen LogP contribution is 2.65. The van der Waals surface area contributed by atoms with E-state index in [0.29, 0.717) is 0 Å². The minimum absolute atomic E-state index is 0.0381. The zero-order chi connectivity index (χ0) is 14.5. The average molecular weight is 305 g/mol. The molecule has 0 radical (unpaired) electrons. The lowest BCUT2D eigenvalue weighted by atomic mass is 10.4. The molecule has 1 rings (SSSR count). The van der Waals surface area contributed by atoms with Gasteiger partial charge in [-0.05, 0) is 24.6 Å². The van der Waals surface area contributed by atoms with E-state index in [2.05, 4.69) is 10.0 Å². The molecule has 0 aromatic heterocycles. The van der Waals surface area contributed by atoms with Gasteiger partial charge in [0.15, 0.2) is 0 Å². The second-order valence-corrected chi connectivity index (χ2v) is 8.02. The molecule has 10 heteroatoms. The van der Waals surface area contributed by atoms with Gasteiger partial charge in [0.25, 0.3) is 7.37 Å². The topological polar surface area (TPSA) is 133 Å². The van der Waals surface area contributed by atoms with Crippen LogP contribution >= 0.6 is 15.0 Å². The molecule has 1 aromatic rings. The Bertz CT molecular complexity index is 566. The third-order valence-corrected chi connectivity index (χ3v) is 7.09. The number of benzene rings is 1. The second-order valence-electron chi connectivity index (χ2n) is 3.49. The highest BCUT2D eigenvalue weighted by atomic mass is 31.2. The molecule has 2 unspecified atom stereocenters. The minimum Gasteiger partial charge on any atom is -0.325 e. The molecule has 8 nitrogen and oxygen atoms in total. The third-order valence-electron chi connectivity index (χ3n) is 2.20. The predicted octanol–water partition coefficient (Wildman–Crippen LogP) is 2.40. The summed E-state index contributed by atoms with van der Waals surface area (Å²) < 4.78 is 29.2. The summed E-state index contributed by atoms with van der Waals surface area (Å²) in [5.74, 6) is 0. The fourth-order valence-corrected chi connectivity index (χ4v) is 5.55. The largest absolute Gasteiger partial charge is 0.344 e. The van der Waals surface area contributed by atoms with Crippen molar-refractivity contribution in [3.63, 3.8) is 0 Å². The van der Waals surface area contributed by atoms with Crippen LogP contribution in [0.2, 0.25) is 0 Å². The predicted molar refractivity (Wildman–Crippen MR) is 70.3 cm³/mol. The molecule has 104 valence electrons. The summed E-state index contributed by atoms with van der Waals surface area (Å²) in [4.78, 5) is 20.8. The fraction of sp³-hybridized carbons (Fsp3) is 0.333. The summed E-state index contributed by atoms with van der Waals surface area (Å²) in [6.45, 7) is 1.49. The molecule has 2 N–H and O–H groups in total. The summed E-state index contributed by atoms with van der Waals surface area (Å²) in [5.41, 5.74) is 6.35. The number of hydrogen-bond acceptors (Lipinski definition) is 4. The summed E-state index contributed by atoms with van der Waals surface area (Å²) in [7, 11) is -8.92. The Balaban J connectivity index is 3.44. The van der Waals surface area contributed by atoms with E-state index in [1.165, 1.54) is 19.1 Å². The van der Waals surface area contributed by atoms with Crippen molar-refractivity contribution in [2.75, 3.05) is 6.61 Å². The Morgan fingerprint density at radius 1 is 1.37 bits per heavy atom. The first-order valence-corrected chi connectivity index (χ1v) is 8.63. The van der Waals surface area contributed by atoms with E-state index in [1.807, 2.05) is 0 Å². The lowest BCUT2D eigenvalue weighted by molar-refractivity contribution is 0.327. The van der Waals surface area contributed by atoms with Crippen molar-refractivity contribution in [2.45, 2.75) is 12.4 Å².